The highest BCUT2D eigenvalue weighted by atomic mass is 16.5. The Morgan fingerprint density at radius 1 is 1.44 bits per heavy atom. The molecule has 0 heterocycles. The van der Waals surface area contributed by atoms with Gasteiger partial charge in [-0.05, 0) is 50.5 Å². The molecule has 0 spiro atoms. The zero-order valence-electron chi connectivity index (χ0n) is 11.6. The summed E-state index contributed by atoms with van der Waals surface area (Å²) >= 11 is 0. The molecule has 0 saturated heterocycles. The highest BCUT2D eigenvalue weighted by Gasteiger charge is 2.20. The monoisotopic (exact) mass is 256 g/mol. The Hall–Kier alpha value is -0.610. The van der Waals surface area contributed by atoms with Crippen molar-refractivity contribution in [1.29, 1.82) is 0 Å². The second-order valence-electron chi connectivity index (χ2n) is 5.44. The van der Waals surface area contributed by atoms with Gasteiger partial charge in [0.15, 0.2) is 0 Å². The zero-order valence-corrected chi connectivity index (χ0v) is 11.6. The molecule has 1 aliphatic rings. The number of hydrogen-bond donors (Lipinski definition) is 2. The van der Waals surface area contributed by atoms with Gasteiger partial charge in [0.2, 0.25) is 5.91 Å². The number of nitrogens with two attached hydrogens (primary N) is 1. The molecule has 18 heavy (non-hydrogen) atoms. The Balaban J connectivity index is 1.83. The first-order valence-corrected chi connectivity index (χ1v) is 7.27. The van der Waals surface area contributed by atoms with Gasteiger partial charge in [0.05, 0.1) is 0 Å². The Bertz CT molecular complexity index is 230. The summed E-state index contributed by atoms with van der Waals surface area (Å²) < 4.78 is 5.50. The minimum atomic E-state index is 0.154. The number of carbonyl (C=O) groups excluding carboxylic acids is 1. The molecule has 0 aromatic rings. The summed E-state index contributed by atoms with van der Waals surface area (Å²) in [6, 6.07) is 0. The van der Waals surface area contributed by atoms with E-state index >= 15 is 0 Å². The zero-order chi connectivity index (χ0) is 13.2. The number of ether oxygens (including phenoxy) is 1. The van der Waals surface area contributed by atoms with Crippen molar-refractivity contribution in [1.82, 2.24) is 5.32 Å². The molecular formula is C14H28N2O2. The van der Waals surface area contributed by atoms with Gasteiger partial charge in [-0.3, -0.25) is 4.79 Å². The molecule has 0 aliphatic heterocycles. The summed E-state index contributed by atoms with van der Waals surface area (Å²) in [4.78, 5) is 11.5. The third-order valence-electron chi connectivity index (χ3n) is 3.36. The maximum absolute atomic E-state index is 11.5. The van der Waals surface area contributed by atoms with Crippen LogP contribution in [0, 0.1) is 11.8 Å². The number of hydrogen-bond acceptors (Lipinski definition) is 3. The topological polar surface area (TPSA) is 64.4 Å². The summed E-state index contributed by atoms with van der Waals surface area (Å²) in [6.07, 6.45) is 6.12. The maximum atomic E-state index is 11.5. The molecule has 1 atom stereocenters. The van der Waals surface area contributed by atoms with Gasteiger partial charge in [0.1, 0.15) is 0 Å². The van der Waals surface area contributed by atoms with Crippen LogP contribution in [0.25, 0.3) is 0 Å². The van der Waals surface area contributed by atoms with E-state index < -0.39 is 0 Å². The van der Waals surface area contributed by atoms with E-state index in [0.29, 0.717) is 18.9 Å². The summed E-state index contributed by atoms with van der Waals surface area (Å²) in [5.41, 5.74) is 5.47. The molecule has 1 fully saturated rings. The van der Waals surface area contributed by atoms with Gasteiger partial charge in [-0.25, -0.2) is 0 Å². The minimum Gasteiger partial charge on any atom is -0.381 e. The van der Waals surface area contributed by atoms with E-state index in [1.807, 2.05) is 0 Å². The lowest BCUT2D eigenvalue weighted by atomic mass is 10.0. The van der Waals surface area contributed by atoms with Gasteiger partial charge in [-0.2, -0.15) is 0 Å². The average molecular weight is 256 g/mol. The highest BCUT2D eigenvalue weighted by Crippen LogP contribution is 2.28. The standard InChI is InChI=1S/C14H28N2O2/c1-12(7-8-15)3-6-14(17)16-9-2-10-18-11-13-4-5-13/h12-13H,2-11,15H2,1H3,(H,16,17). The predicted octanol–water partition coefficient (Wildman–Crippen LogP) is 1.68. The molecule has 0 aromatic carbocycles. The van der Waals surface area contributed by atoms with Crippen LogP contribution in [0.15, 0.2) is 0 Å². The van der Waals surface area contributed by atoms with Crippen LogP contribution < -0.4 is 11.1 Å². The van der Waals surface area contributed by atoms with E-state index in [1.54, 1.807) is 0 Å². The maximum Gasteiger partial charge on any atom is 0.220 e. The van der Waals surface area contributed by atoms with E-state index in [9.17, 15) is 4.79 Å². The van der Waals surface area contributed by atoms with Gasteiger partial charge in [0, 0.05) is 26.2 Å². The van der Waals surface area contributed by atoms with Crippen molar-refractivity contribution in [3.63, 3.8) is 0 Å². The molecule has 106 valence electrons. The quantitative estimate of drug-likeness (QED) is 0.553. The third kappa shape index (κ3) is 8.48. The number of rotatable bonds is 11. The molecule has 4 heteroatoms. The van der Waals surface area contributed by atoms with E-state index in [-0.39, 0.29) is 5.91 Å². The van der Waals surface area contributed by atoms with Crippen LogP contribution in [0.5, 0.6) is 0 Å². The van der Waals surface area contributed by atoms with Crippen LogP contribution in [0.2, 0.25) is 0 Å². The molecule has 1 aliphatic carbocycles. The van der Waals surface area contributed by atoms with Crippen molar-refractivity contribution in [2.45, 2.75) is 45.4 Å². The number of carbonyl (C=O) groups is 1. The van der Waals surface area contributed by atoms with Crippen LogP contribution in [0.1, 0.15) is 45.4 Å². The van der Waals surface area contributed by atoms with Crippen LogP contribution in [-0.2, 0) is 9.53 Å². The Morgan fingerprint density at radius 3 is 2.89 bits per heavy atom. The van der Waals surface area contributed by atoms with Crippen molar-refractivity contribution in [3.05, 3.63) is 0 Å². The summed E-state index contributed by atoms with van der Waals surface area (Å²) in [5.74, 6) is 1.52. The molecule has 1 rings (SSSR count). The fourth-order valence-electron chi connectivity index (χ4n) is 1.83. The van der Waals surface area contributed by atoms with Gasteiger partial charge in [-0.1, -0.05) is 6.92 Å². The van der Waals surface area contributed by atoms with Crippen molar-refractivity contribution < 1.29 is 9.53 Å². The molecule has 1 unspecified atom stereocenters. The fourth-order valence-corrected chi connectivity index (χ4v) is 1.83. The largest absolute Gasteiger partial charge is 0.381 e. The molecule has 1 amide bonds. The minimum absolute atomic E-state index is 0.154. The van der Waals surface area contributed by atoms with Gasteiger partial charge in [0.25, 0.3) is 0 Å². The van der Waals surface area contributed by atoms with Crippen molar-refractivity contribution in [2.24, 2.45) is 17.6 Å². The molecule has 1 saturated carbocycles. The Kier molecular flexibility index (Phi) is 8.01. The first-order valence-electron chi connectivity index (χ1n) is 7.27. The van der Waals surface area contributed by atoms with Crippen molar-refractivity contribution >= 4 is 5.91 Å². The predicted molar refractivity (Wildman–Crippen MR) is 73.2 cm³/mol. The summed E-state index contributed by atoms with van der Waals surface area (Å²) in [6.45, 7) is 5.26. The first-order chi connectivity index (χ1) is 8.72. The van der Waals surface area contributed by atoms with Crippen molar-refractivity contribution in [3.8, 4) is 0 Å². The fraction of sp³-hybridized carbons (Fsp3) is 0.929. The van der Waals surface area contributed by atoms with Crippen LogP contribution in [0.3, 0.4) is 0 Å². The average Bonchev–Trinajstić information content (AvgIpc) is 3.15. The molecule has 0 bridgehead atoms. The molecule has 0 radical (unpaired) electrons. The van der Waals surface area contributed by atoms with E-state index in [0.717, 1.165) is 44.9 Å². The molecule has 3 N–H and O–H groups in total. The highest BCUT2D eigenvalue weighted by molar-refractivity contribution is 5.75. The number of amides is 1. The third-order valence-corrected chi connectivity index (χ3v) is 3.36. The van der Waals surface area contributed by atoms with Gasteiger partial charge < -0.3 is 15.8 Å². The van der Waals surface area contributed by atoms with Crippen molar-refractivity contribution in [2.75, 3.05) is 26.3 Å². The lowest BCUT2D eigenvalue weighted by molar-refractivity contribution is -0.121. The van der Waals surface area contributed by atoms with E-state index in [4.69, 9.17) is 10.5 Å². The summed E-state index contributed by atoms with van der Waals surface area (Å²) in [7, 11) is 0. The normalized spacial score (nSPS) is 16.6. The van der Waals surface area contributed by atoms with Crippen LogP contribution in [0.4, 0.5) is 0 Å². The van der Waals surface area contributed by atoms with Gasteiger partial charge in [-0.15, -0.1) is 0 Å². The number of nitrogens with one attached hydrogen (secondary N) is 1. The Morgan fingerprint density at radius 2 is 2.22 bits per heavy atom. The van der Waals surface area contributed by atoms with Gasteiger partial charge >= 0.3 is 0 Å². The first kappa shape index (κ1) is 15.4. The molecule has 0 aromatic heterocycles. The molecular weight excluding hydrogens is 228 g/mol. The SMILES string of the molecule is CC(CCN)CCC(=O)NCCCOCC1CC1. The van der Waals surface area contributed by atoms with E-state index in [1.165, 1.54) is 12.8 Å². The van der Waals surface area contributed by atoms with Crippen LogP contribution >= 0.6 is 0 Å². The summed E-state index contributed by atoms with van der Waals surface area (Å²) in [5, 5.41) is 2.93. The Labute approximate surface area is 111 Å². The molecule has 4 nitrogen and oxygen atoms in total. The van der Waals surface area contributed by atoms with E-state index in [2.05, 4.69) is 12.2 Å². The lowest BCUT2D eigenvalue weighted by Crippen LogP contribution is -2.25. The lowest BCUT2D eigenvalue weighted by Gasteiger charge is -2.10. The second kappa shape index (κ2) is 9.34. The smallest absolute Gasteiger partial charge is 0.220 e. The second-order valence-corrected chi connectivity index (χ2v) is 5.44. The van der Waals surface area contributed by atoms with Crippen LogP contribution in [-0.4, -0.2) is 32.2 Å².